The van der Waals surface area contributed by atoms with E-state index in [4.69, 9.17) is 11.6 Å². The zero-order valence-electron chi connectivity index (χ0n) is 15.1. The van der Waals surface area contributed by atoms with Crippen molar-refractivity contribution in [2.45, 2.75) is 37.8 Å². The van der Waals surface area contributed by atoms with Crippen LogP contribution in [0.2, 0.25) is 5.02 Å². The Balaban J connectivity index is 2.02. The molecule has 0 unspecified atom stereocenters. The van der Waals surface area contributed by atoms with Crippen molar-refractivity contribution in [3.05, 3.63) is 45.3 Å². The third-order valence-electron chi connectivity index (χ3n) is 5.07. The van der Waals surface area contributed by atoms with Gasteiger partial charge in [0.1, 0.15) is 0 Å². The molecule has 0 bridgehead atoms. The van der Waals surface area contributed by atoms with Crippen molar-refractivity contribution in [3.63, 3.8) is 0 Å². The number of hydrogen-bond acceptors (Lipinski definition) is 3. The maximum absolute atomic E-state index is 13.0. The number of H-pyrrole nitrogens is 1. The van der Waals surface area contributed by atoms with E-state index in [-0.39, 0.29) is 24.3 Å². The molecular formula is C19H21ClF3N3O. The lowest BCUT2D eigenvalue weighted by Gasteiger charge is -2.30. The van der Waals surface area contributed by atoms with Gasteiger partial charge in [-0.3, -0.25) is 9.78 Å². The summed E-state index contributed by atoms with van der Waals surface area (Å²) in [6, 6.07) is 6.82. The summed E-state index contributed by atoms with van der Waals surface area (Å²) in [6.07, 6.45) is -3.34. The van der Waals surface area contributed by atoms with Gasteiger partial charge in [0, 0.05) is 25.0 Å². The van der Waals surface area contributed by atoms with Crippen LogP contribution in [-0.2, 0) is 0 Å². The van der Waals surface area contributed by atoms with E-state index < -0.39 is 12.1 Å². The normalized spacial score (nSPS) is 20.5. The Morgan fingerprint density at radius 1 is 1.11 bits per heavy atom. The van der Waals surface area contributed by atoms with Crippen LogP contribution in [0.3, 0.4) is 0 Å². The van der Waals surface area contributed by atoms with E-state index in [1.165, 1.54) is 0 Å². The second-order valence-electron chi connectivity index (χ2n) is 7.14. The van der Waals surface area contributed by atoms with Crippen LogP contribution < -0.4 is 10.5 Å². The topological polar surface area (TPSA) is 49.0 Å². The zero-order valence-corrected chi connectivity index (χ0v) is 15.9. The molecule has 0 saturated heterocycles. The molecule has 1 aliphatic rings. The molecule has 146 valence electrons. The molecule has 1 aliphatic carbocycles. The summed E-state index contributed by atoms with van der Waals surface area (Å²) in [6.45, 7) is 0. The summed E-state index contributed by atoms with van der Waals surface area (Å²) < 4.78 is 39.0. The fourth-order valence-electron chi connectivity index (χ4n) is 3.58. The summed E-state index contributed by atoms with van der Waals surface area (Å²) in [7, 11) is 3.51. The number of aromatic amines is 1. The van der Waals surface area contributed by atoms with Gasteiger partial charge in [-0.05, 0) is 43.4 Å². The Morgan fingerprint density at radius 3 is 2.22 bits per heavy atom. The minimum absolute atomic E-state index is 0.0556. The highest BCUT2D eigenvalue weighted by Gasteiger charge is 2.42. The number of alkyl halides is 3. The molecule has 1 N–H and O–H groups in total. The highest BCUT2D eigenvalue weighted by molar-refractivity contribution is 6.30. The lowest BCUT2D eigenvalue weighted by molar-refractivity contribution is -0.182. The highest BCUT2D eigenvalue weighted by atomic mass is 35.5. The molecule has 0 amide bonds. The van der Waals surface area contributed by atoms with Gasteiger partial charge in [-0.1, -0.05) is 23.7 Å². The molecule has 27 heavy (non-hydrogen) atoms. The van der Waals surface area contributed by atoms with E-state index in [1.54, 1.807) is 43.3 Å². The fraction of sp³-hybridized carbons (Fsp3) is 0.474. The number of benzene rings is 1. The first kappa shape index (κ1) is 19.7. The van der Waals surface area contributed by atoms with Crippen molar-refractivity contribution in [2.24, 2.45) is 5.92 Å². The van der Waals surface area contributed by atoms with E-state index >= 15 is 0 Å². The molecule has 4 nitrogen and oxygen atoms in total. The maximum Gasteiger partial charge on any atom is 0.391 e. The van der Waals surface area contributed by atoms with Crippen molar-refractivity contribution in [1.29, 1.82) is 0 Å². The standard InChI is InChI=1S/C19H21ClF3N3O/c1-26(2)18-24-16(12-3-7-13(8-4-12)19(21,22)23)15(17(27)25-18)11-5-9-14(20)10-6-11/h5-6,9-10,12-13H,3-4,7-8H2,1-2H3,(H,24,25,27)/t12-,13+. The van der Waals surface area contributed by atoms with Gasteiger partial charge in [0.15, 0.2) is 0 Å². The average molecular weight is 400 g/mol. The lowest BCUT2D eigenvalue weighted by atomic mass is 9.78. The smallest absolute Gasteiger partial charge is 0.348 e. The van der Waals surface area contributed by atoms with Crippen molar-refractivity contribution in [2.75, 3.05) is 19.0 Å². The summed E-state index contributed by atoms with van der Waals surface area (Å²) in [5, 5.41) is 0.542. The van der Waals surface area contributed by atoms with Gasteiger partial charge in [-0.15, -0.1) is 0 Å². The molecular weight excluding hydrogens is 379 g/mol. The Morgan fingerprint density at radius 2 is 1.70 bits per heavy atom. The van der Waals surface area contributed by atoms with Gasteiger partial charge in [0.2, 0.25) is 5.95 Å². The molecule has 1 saturated carbocycles. The van der Waals surface area contributed by atoms with Gasteiger partial charge in [-0.2, -0.15) is 13.2 Å². The number of aromatic nitrogens is 2. The Kier molecular flexibility index (Phi) is 5.51. The van der Waals surface area contributed by atoms with Crippen molar-refractivity contribution < 1.29 is 13.2 Å². The molecule has 3 rings (SSSR count). The van der Waals surface area contributed by atoms with Crippen LogP contribution >= 0.6 is 11.6 Å². The Bertz CT molecular complexity index is 854. The average Bonchev–Trinajstić information content (AvgIpc) is 2.61. The third kappa shape index (κ3) is 4.29. The lowest BCUT2D eigenvalue weighted by Crippen LogP contribution is -2.29. The minimum atomic E-state index is -4.17. The molecule has 1 aromatic heterocycles. The molecule has 0 atom stereocenters. The van der Waals surface area contributed by atoms with E-state index in [0.717, 1.165) is 0 Å². The Hall–Kier alpha value is -2.02. The predicted molar refractivity (Wildman–Crippen MR) is 100 cm³/mol. The number of anilines is 1. The number of nitrogens with one attached hydrogen (secondary N) is 1. The van der Waals surface area contributed by atoms with Crippen LogP contribution in [0, 0.1) is 5.92 Å². The van der Waals surface area contributed by atoms with Gasteiger partial charge in [0.25, 0.3) is 5.56 Å². The Labute approximate surface area is 160 Å². The van der Waals surface area contributed by atoms with Crippen molar-refractivity contribution >= 4 is 17.5 Å². The predicted octanol–water partition coefficient (Wildman–Crippen LogP) is 4.99. The molecule has 1 fully saturated rings. The monoisotopic (exact) mass is 399 g/mol. The molecule has 2 aromatic rings. The summed E-state index contributed by atoms with van der Waals surface area (Å²) >= 11 is 5.94. The third-order valence-corrected chi connectivity index (χ3v) is 5.32. The largest absolute Gasteiger partial charge is 0.391 e. The summed E-state index contributed by atoms with van der Waals surface area (Å²) in [4.78, 5) is 21.8. The molecule has 0 aliphatic heterocycles. The van der Waals surface area contributed by atoms with Crippen molar-refractivity contribution in [1.82, 2.24) is 9.97 Å². The first-order chi connectivity index (χ1) is 12.7. The molecule has 0 spiro atoms. The first-order valence-corrected chi connectivity index (χ1v) is 9.18. The van der Waals surface area contributed by atoms with Crippen LogP contribution in [0.25, 0.3) is 11.1 Å². The van der Waals surface area contributed by atoms with Gasteiger partial charge in [0.05, 0.1) is 17.2 Å². The first-order valence-electron chi connectivity index (χ1n) is 8.81. The van der Waals surface area contributed by atoms with Crippen LogP contribution in [0.5, 0.6) is 0 Å². The minimum Gasteiger partial charge on any atom is -0.348 e. The van der Waals surface area contributed by atoms with Crippen LogP contribution in [-0.4, -0.2) is 30.2 Å². The molecule has 1 heterocycles. The quantitative estimate of drug-likeness (QED) is 0.790. The highest BCUT2D eigenvalue weighted by Crippen LogP contribution is 2.44. The molecule has 8 heteroatoms. The second-order valence-corrected chi connectivity index (χ2v) is 7.58. The van der Waals surface area contributed by atoms with E-state index in [2.05, 4.69) is 9.97 Å². The van der Waals surface area contributed by atoms with E-state index in [0.29, 0.717) is 40.6 Å². The van der Waals surface area contributed by atoms with Crippen molar-refractivity contribution in [3.8, 4) is 11.1 Å². The number of hydrogen-bond donors (Lipinski definition) is 1. The fourth-order valence-corrected chi connectivity index (χ4v) is 3.70. The van der Waals surface area contributed by atoms with Gasteiger partial charge in [-0.25, -0.2) is 4.98 Å². The van der Waals surface area contributed by atoms with E-state index in [9.17, 15) is 18.0 Å². The summed E-state index contributed by atoms with van der Waals surface area (Å²) in [5.41, 5.74) is 1.33. The number of halogens is 4. The van der Waals surface area contributed by atoms with E-state index in [1.807, 2.05) is 0 Å². The SMILES string of the molecule is CN(C)c1nc([C@H]2CC[C@@H](C(F)(F)F)CC2)c(-c2ccc(Cl)cc2)c(=O)[nH]1. The summed E-state index contributed by atoms with van der Waals surface area (Å²) in [5.74, 6) is -1.07. The van der Waals surface area contributed by atoms with Crippen LogP contribution in [0.1, 0.15) is 37.3 Å². The maximum atomic E-state index is 13.0. The van der Waals surface area contributed by atoms with Gasteiger partial charge < -0.3 is 4.90 Å². The van der Waals surface area contributed by atoms with Crippen LogP contribution in [0.15, 0.2) is 29.1 Å². The molecule has 0 radical (unpaired) electrons. The molecule has 1 aromatic carbocycles. The van der Waals surface area contributed by atoms with Crippen LogP contribution in [0.4, 0.5) is 19.1 Å². The zero-order chi connectivity index (χ0) is 19.8. The second kappa shape index (κ2) is 7.54. The number of rotatable bonds is 3. The number of nitrogens with zero attached hydrogens (tertiary/aromatic N) is 2. The van der Waals surface area contributed by atoms with Gasteiger partial charge >= 0.3 is 6.18 Å².